The molecule has 0 amide bonds. The molecule has 0 bridgehead atoms. The van der Waals surface area contributed by atoms with Crippen molar-refractivity contribution in [3.8, 4) is 0 Å². The molecule has 0 unspecified atom stereocenters. The third-order valence-electron chi connectivity index (χ3n) is 1.74. The largest absolute Gasteiger partial charge is 0.345 e. The van der Waals surface area contributed by atoms with E-state index in [2.05, 4.69) is 10.2 Å². The van der Waals surface area contributed by atoms with E-state index in [4.69, 9.17) is 0 Å². The zero-order chi connectivity index (χ0) is 8.55. The van der Waals surface area contributed by atoms with Crippen LogP contribution in [0.2, 0.25) is 0 Å². The van der Waals surface area contributed by atoms with Gasteiger partial charge in [0, 0.05) is 0 Å². The standard InChI is InChI=1S/C7H7N3O2/c11-6-8-9-7(12)10(6)5-3-1-2-4-5/h1-5H,(H,8,11)(H,9,12). The van der Waals surface area contributed by atoms with Gasteiger partial charge in [-0.3, -0.25) is 0 Å². The Balaban J connectivity index is 2.59. The Morgan fingerprint density at radius 3 is 2.08 bits per heavy atom. The van der Waals surface area contributed by atoms with Gasteiger partial charge in [-0.2, -0.15) is 0 Å². The topological polar surface area (TPSA) is 70.7 Å². The third kappa shape index (κ3) is 0.868. The van der Waals surface area contributed by atoms with Crippen LogP contribution in [0, 0.1) is 0 Å². The molecule has 0 fully saturated rings. The van der Waals surface area contributed by atoms with Crippen molar-refractivity contribution < 1.29 is 0 Å². The molecule has 1 heterocycles. The zero-order valence-corrected chi connectivity index (χ0v) is 6.15. The van der Waals surface area contributed by atoms with Gasteiger partial charge >= 0.3 is 11.4 Å². The van der Waals surface area contributed by atoms with E-state index in [1.807, 2.05) is 0 Å². The summed E-state index contributed by atoms with van der Waals surface area (Å²) in [6, 6.07) is -0.243. The van der Waals surface area contributed by atoms with Gasteiger partial charge in [0.2, 0.25) is 0 Å². The van der Waals surface area contributed by atoms with Gasteiger partial charge in [0.05, 0.1) is 6.04 Å². The SMILES string of the molecule is O=c1[nH][nH]c(=O)n1C1C=CC=C1. The first-order valence-electron chi connectivity index (χ1n) is 3.53. The maximum Gasteiger partial charge on any atom is 0.345 e. The first-order chi connectivity index (χ1) is 5.79. The molecule has 0 aromatic carbocycles. The van der Waals surface area contributed by atoms with E-state index in [0.717, 1.165) is 4.57 Å². The van der Waals surface area contributed by atoms with Gasteiger partial charge in [-0.05, 0) is 0 Å². The van der Waals surface area contributed by atoms with Crippen LogP contribution in [-0.4, -0.2) is 14.8 Å². The molecule has 5 heteroatoms. The van der Waals surface area contributed by atoms with Crippen LogP contribution < -0.4 is 11.4 Å². The summed E-state index contributed by atoms with van der Waals surface area (Å²) in [4.78, 5) is 22.1. The Kier molecular flexibility index (Phi) is 1.36. The summed E-state index contributed by atoms with van der Waals surface area (Å²) in [7, 11) is 0. The van der Waals surface area contributed by atoms with Crippen molar-refractivity contribution in [2.75, 3.05) is 0 Å². The highest BCUT2D eigenvalue weighted by Crippen LogP contribution is 2.10. The molecule has 0 saturated heterocycles. The number of H-pyrrole nitrogens is 2. The Morgan fingerprint density at radius 2 is 1.58 bits per heavy atom. The minimum atomic E-state index is -0.416. The highest BCUT2D eigenvalue weighted by molar-refractivity contribution is 5.19. The minimum absolute atomic E-state index is 0.243. The summed E-state index contributed by atoms with van der Waals surface area (Å²) in [5, 5.41) is 4.43. The Bertz CT molecular complexity index is 406. The normalized spacial score (nSPS) is 16.0. The van der Waals surface area contributed by atoms with Crippen LogP contribution in [0.5, 0.6) is 0 Å². The second kappa shape index (κ2) is 2.37. The van der Waals surface area contributed by atoms with Gasteiger partial charge in [0.1, 0.15) is 0 Å². The lowest BCUT2D eigenvalue weighted by molar-refractivity contribution is 0.674. The first kappa shape index (κ1) is 6.90. The van der Waals surface area contributed by atoms with E-state index in [9.17, 15) is 9.59 Å². The fourth-order valence-electron chi connectivity index (χ4n) is 1.18. The number of aromatic amines is 2. The first-order valence-corrected chi connectivity index (χ1v) is 3.53. The Morgan fingerprint density at radius 1 is 1.08 bits per heavy atom. The Hall–Kier alpha value is -1.78. The molecular weight excluding hydrogens is 158 g/mol. The minimum Gasteiger partial charge on any atom is -0.247 e. The molecule has 0 spiro atoms. The van der Waals surface area contributed by atoms with Gasteiger partial charge in [0.15, 0.2) is 0 Å². The fourth-order valence-corrected chi connectivity index (χ4v) is 1.18. The van der Waals surface area contributed by atoms with Crippen molar-refractivity contribution in [2.24, 2.45) is 0 Å². The number of nitrogens with one attached hydrogen (secondary N) is 2. The van der Waals surface area contributed by atoms with E-state index in [1.54, 1.807) is 24.3 Å². The van der Waals surface area contributed by atoms with Gasteiger partial charge in [0.25, 0.3) is 0 Å². The lowest BCUT2D eigenvalue weighted by Crippen LogP contribution is -2.28. The van der Waals surface area contributed by atoms with E-state index < -0.39 is 11.4 Å². The van der Waals surface area contributed by atoms with Crippen LogP contribution in [0.15, 0.2) is 33.9 Å². The van der Waals surface area contributed by atoms with Crippen molar-refractivity contribution >= 4 is 0 Å². The molecule has 12 heavy (non-hydrogen) atoms. The van der Waals surface area contributed by atoms with Crippen LogP contribution in [-0.2, 0) is 0 Å². The molecule has 62 valence electrons. The number of nitrogens with zero attached hydrogens (tertiary/aromatic N) is 1. The van der Waals surface area contributed by atoms with E-state index in [1.165, 1.54) is 0 Å². The van der Waals surface area contributed by atoms with E-state index in [0.29, 0.717) is 0 Å². The maximum absolute atomic E-state index is 11.0. The van der Waals surface area contributed by atoms with E-state index >= 15 is 0 Å². The molecule has 0 aliphatic heterocycles. The van der Waals surface area contributed by atoms with Crippen LogP contribution in [0.4, 0.5) is 0 Å². The van der Waals surface area contributed by atoms with Crippen LogP contribution in [0.25, 0.3) is 0 Å². The molecule has 1 aliphatic carbocycles. The van der Waals surface area contributed by atoms with E-state index in [-0.39, 0.29) is 6.04 Å². The number of rotatable bonds is 1. The molecule has 0 atom stereocenters. The molecule has 1 aliphatic rings. The summed E-state index contributed by atoms with van der Waals surface area (Å²) >= 11 is 0. The molecule has 2 rings (SSSR count). The van der Waals surface area contributed by atoms with Crippen LogP contribution in [0.3, 0.4) is 0 Å². The summed E-state index contributed by atoms with van der Waals surface area (Å²) < 4.78 is 1.11. The molecule has 1 aromatic heterocycles. The second-order valence-electron chi connectivity index (χ2n) is 2.49. The van der Waals surface area contributed by atoms with Crippen molar-refractivity contribution in [3.05, 3.63) is 45.3 Å². The summed E-state index contributed by atoms with van der Waals surface area (Å²) in [6.45, 7) is 0. The predicted molar refractivity (Wildman–Crippen MR) is 43.0 cm³/mol. The monoisotopic (exact) mass is 165 g/mol. The highest BCUT2D eigenvalue weighted by Gasteiger charge is 2.11. The summed E-state index contributed by atoms with van der Waals surface area (Å²) in [6.07, 6.45) is 7.13. The van der Waals surface area contributed by atoms with Gasteiger partial charge in [-0.1, -0.05) is 24.3 Å². The molecule has 2 N–H and O–H groups in total. The van der Waals surface area contributed by atoms with Crippen LogP contribution in [0.1, 0.15) is 6.04 Å². The smallest absolute Gasteiger partial charge is 0.247 e. The molecule has 5 nitrogen and oxygen atoms in total. The average molecular weight is 165 g/mol. The molecule has 0 radical (unpaired) electrons. The van der Waals surface area contributed by atoms with Crippen LogP contribution >= 0.6 is 0 Å². The average Bonchev–Trinajstić information content (AvgIpc) is 2.61. The molecular formula is C7H7N3O2. The highest BCUT2D eigenvalue weighted by atomic mass is 16.2. The fraction of sp³-hybridized carbons (Fsp3) is 0.143. The van der Waals surface area contributed by atoms with Gasteiger partial charge in [-0.15, -0.1) is 0 Å². The Labute approximate surface area is 67.0 Å². The number of allylic oxidation sites excluding steroid dienone is 4. The molecule has 1 aromatic rings. The second-order valence-corrected chi connectivity index (χ2v) is 2.49. The predicted octanol–water partition coefficient (Wildman–Crippen LogP) is -0.468. The van der Waals surface area contributed by atoms with Crippen molar-refractivity contribution in [1.29, 1.82) is 0 Å². The lowest BCUT2D eigenvalue weighted by Gasteiger charge is -2.01. The zero-order valence-electron chi connectivity index (χ0n) is 6.15. The number of hydrogen-bond donors (Lipinski definition) is 2. The number of aromatic nitrogens is 3. The van der Waals surface area contributed by atoms with Crippen molar-refractivity contribution in [1.82, 2.24) is 14.8 Å². The van der Waals surface area contributed by atoms with Crippen molar-refractivity contribution in [3.63, 3.8) is 0 Å². The maximum atomic E-state index is 11.0. The lowest BCUT2D eigenvalue weighted by atomic mass is 10.3. The van der Waals surface area contributed by atoms with Crippen molar-refractivity contribution in [2.45, 2.75) is 6.04 Å². The molecule has 0 saturated carbocycles. The number of hydrogen-bond acceptors (Lipinski definition) is 2. The summed E-state index contributed by atoms with van der Waals surface area (Å²) in [5.41, 5.74) is -0.831. The summed E-state index contributed by atoms with van der Waals surface area (Å²) in [5.74, 6) is 0. The van der Waals surface area contributed by atoms with Gasteiger partial charge < -0.3 is 0 Å². The van der Waals surface area contributed by atoms with Gasteiger partial charge in [-0.25, -0.2) is 24.4 Å². The quantitative estimate of drug-likeness (QED) is 0.590. The third-order valence-corrected chi connectivity index (χ3v) is 1.74.